The Kier molecular flexibility index (Phi) is 3.63. The van der Waals surface area contributed by atoms with Gasteiger partial charge in [0.2, 0.25) is 0 Å². The molecule has 1 rings (SSSR count). The van der Waals surface area contributed by atoms with Crippen LogP contribution >= 0.6 is 28.6 Å². The number of hydrogen-bond donors (Lipinski definition) is 1. The summed E-state index contributed by atoms with van der Waals surface area (Å²) in [6.07, 6.45) is -3.54. The Bertz CT molecular complexity index is 339. The van der Waals surface area contributed by atoms with Gasteiger partial charge < -0.3 is 10.3 Å². The predicted octanol–water partition coefficient (Wildman–Crippen LogP) is 3.11. The lowest BCUT2D eigenvalue weighted by Gasteiger charge is -2.09. The van der Waals surface area contributed by atoms with Crippen LogP contribution in [0.4, 0.5) is 0 Å². The van der Waals surface area contributed by atoms with Crippen molar-refractivity contribution in [2.45, 2.75) is 6.54 Å². The molecular weight excluding hydrogens is 232 g/mol. The van der Waals surface area contributed by atoms with Crippen LogP contribution in [0.1, 0.15) is 5.56 Å². The highest BCUT2D eigenvalue weighted by atomic mass is 35.9. The molecular formula is C7H8Cl2NO2P. The van der Waals surface area contributed by atoms with E-state index < -0.39 is 6.07 Å². The van der Waals surface area contributed by atoms with Gasteiger partial charge in [-0.05, 0) is 6.07 Å². The van der Waals surface area contributed by atoms with E-state index in [1.807, 2.05) is 0 Å². The standard InChI is InChI=1S/C7H8Cl2NO2P/c8-13(9,11)12-7-4-2-1-3-6(7)5-10/h1-4H,5,10H2. The molecule has 6 heteroatoms. The highest BCUT2D eigenvalue weighted by Crippen LogP contribution is 2.57. The van der Waals surface area contributed by atoms with E-state index in [0.717, 1.165) is 0 Å². The normalized spacial score (nSPS) is 11.3. The molecule has 0 radical (unpaired) electrons. The first-order valence-electron chi connectivity index (χ1n) is 3.50. The van der Waals surface area contributed by atoms with E-state index in [0.29, 0.717) is 11.3 Å². The van der Waals surface area contributed by atoms with E-state index in [1.54, 1.807) is 24.3 Å². The van der Waals surface area contributed by atoms with Crippen molar-refractivity contribution in [1.29, 1.82) is 0 Å². The zero-order valence-corrected chi connectivity index (χ0v) is 9.02. The number of para-hydroxylation sites is 1. The molecule has 0 aliphatic rings. The lowest BCUT2D eigenvalue weighted by Crippen LogP contribution is -1.98. The summed E-state index contributed by atoms with van der Waals surface area (Å²) < 4.78 is 15.8. The van der Waals surface area contributed by atoms with E-state index in [4.69, 9.17) is 32.7 Å². The zero-order valence-electron chi connectivity index (χ0n) is 6.61. The van der Waals surface area contributed by atoms with Crippen molar-refractivity contribution < 1.29 is 9.09 Å². The van der Waals surface area contributed by atoms with E-state index in [1.165, 1.54) is 0 Å². The monoisotopic (exact) mass is 239 g/mol. The van der Waals surface area contributed by atoms with Gasteiger partial charge in [0.15, 0.2) is 0 Å². The molecule has 0 bridgehead atoms. The third kappa shape index (κ3) is 3.57. The van der Waals surface area contributed by atoms with Gasteiger partial charge in [0.1, 0.15) is 5.75 Å². The van der Waals surface area contributed by atoms with Gasteiger partial charge in [-0.15, -0.1) is 0 Å². The van der Waals surface area contributed by atoms with Gasteiger partial charge in [0, 0.05) is 34.6 Å². The van der Waals surface area contributed by atoms with Crippen LogP contribution in [0.3, 0.4) is 0 Å². The Morgan fingerprint density at radius 2 is 2.00 bits per heavy atom. The second-order valence-electron chi connectivity index (χ2n) is 2.32. The Morgan fingerprint density at radius 1 is 1.38 bits per heavy atom. The van der Waals surface area contributed by atoms with Crippen molar-refractivity contribution in [3.63, 3.8) is 0 Å². The minimum atomic E-state index is -3.54. The van der Waals surface area contributed by atoms with Crippen LogP contribution < -0.4 is 10.3 Å². The van der Waals surface area contributed by atoms with Gasteiger partial charge in [-0.3, -0.25) is 0 Å². The summed E-state index contributed by atoms with van der Waals surface area (Å²) in [4.78, 5) is 0. The molecule has 0 aliphatic heterocycles. The first kappa shape index (κ1) is 10.9. The zero-order chi connectivity index (χ0) is 9.90. The second kappa shape index (κ2) is 4.34. The fourth-order valence-corrected chi connectivity index (χ4v) is 1.73. The summed E-state index contributed by atoms with van der Waals surface area (Å²) in [6, 6.07) is 6.87. The molecule has 0 saturated heterocycles. The molecule has 72 valence electrons. The van der Waals surface area contributed by atoms with Crippen molar-refractivity contribution in [2.75, 3.05) is 0 Å². The Labute approximate surface area is 85.8 Å². The van der Waals surface area contributed by atoms with Gasteiger partial charge in [0.25, 0.3) is 0 Å². The minimum Gasteiger partial charge on any atom is -0.422 e. The fourth-order valence-electron chi connectivity index (χ4n) is 0.876. The van der Waals surface area contributed by atoms with E-state index in [2.05, 4.69) is 0 Å². The molecule has 0 fully saturated rings. The van der Waals surface area contributed by atoms with Crippen molar-refractivity contribution in [3.8, 4) is 5.75 Å². The molecule has 3 nitrogen and oxygen atoms in total. The van der Waals surface area contributed by atoms with Crippen LogP contribution in [0.25, 0.3) is 0 Å². The van der Waals surface area contributed by atoms with Crippen LogP contribution in [0.2, 0.25) is 0 Å². The molecule has 0 heterocycles. The molecule has 0 aliphatic carbocycles. The Morgan fingerprint density at radius 3 is 2.54 bits per heavy atom. The summed E-state index contributed by atoms with van der Waals surface area (Å²) in [5, 5.41) is 0. The van der Waals surface area contributed by atoms with Crippen LogP contribution in [-0.2, 0) is 11.1 Å². The number of benzene rings is 1. The highest BCUT2D eigenvalue weighted by molar-refractivity contribution is 8.05. The van der Waals surface area contributed by atoms with Crippen LogP contribution in [0.5, 0.6) is 5.75 Å². The van der Waals surface area contributed by atoms with Gasteiger partial charge in [-0.1, -0.05) is 18.2 Å². The molecule has 0 spiro atoms. The van der Waals surface area contributed by atoms with Gasteiger partial charge in [-0.2, -0.15) is 0 Å². The molecule has 0 saturated carbocycles. The largest absolute Gasteiger partial charge is 0.428 e. The maximum Gasteiger partial charge on any atom is 0.428 e. The number of rotatable bonds is 3. The maximum atomic E-state index is 10.9. The average molecular weight is 240 g/mol. The molecule has 2 N–H and O–H groups in total. The summed E-state index contributed by atoms with van der Waals surface area (Å²) >= 11 is 10.5. The lowest BCUT2D eigenvalue weighted by molar-refractivity contribution is 0.510. The number of hydrogen-bond acceptors (Lipinski definition) is 3. The van der Waals surface area contributed by atoms with E-state index in [9.17, 15) is 4.57 Å². The molecule has 0 atom stereocenters. The Balaban J connectivity index is 2.94. The van der Waals surface area contributed by atoms with Gasteiger partial charge in [-0.25, -0.2) is 4.57 Å². The predicted molar refractivity (Wildman–Crippen MR) is 54.3 cm³/mol. The summed E-state index contributed by atoms with van der Waals surface area (Å²) in [5.41, 5.74) is 6.13. The van der Waals surface area contributed by atoms with Crippen molar-refractivity contribution >= 4 is 28.6 Å². The fraction of sp³-hybridized carbons (Fsp3) is 0.143. The second-order valence-corrected chi connectivity index (χ2v) is 6.52. The molecule has 0 unspecified atom stereocenters. The van der Waals surface area contributed by atoms with Crippen LogP contribution in [0.15, 0.2) is 24.3 Å². The minimum absolute atomic E-state index is 0.282. The van der Waals surface area contributed by atoms with E-state index >= 15 is 0 Å². The first-order chi connectivity index (χ1) is 6.03. The van der Waals surface area contributed by atoms with Crippen molar-refractivity contribution in [2.24, 2.45) is 5.73 Å². The average Bonchev–Trinajstić information content (AvgIpc) is 2.02. The third-order valence-corrected chi connectivity index (χ3v) is 2.22. The van der Waals surface area contributed by atoms with Gasteiger partial charge in [0.05, 0.1) is 0 Å². The maximum absolute atomic E-state index is 10.9. The third-order valence-electron chi connectivity index (χ3n) is 1.40. The Hall–Kier alpha value is -0.210. The first-order valence-corrected chi connectivity index (χ1v) is 6.93. The van der Waals surface area contributed by atoms with E-state index in [-0.39, 0.29) is 6.54 Å². The topological polar surface area (TPSA) is 52.3 Å². The molecule has 1 aromatic rings. The SMILES string of the molecule is NCc1ccccc1OP(=O)(Cl)Cl. The van der Waals surface area contributed by atoms with Crippen LogP contribution in [0, 0.1) is 0 Å². The van der Waals surface area contributed by atoms with Crippen LogP contribution in [-0.4, -0.2) is 0 Å². The highest BCUT2D eigenvalue weighted by Gasteiger charge is 2.17. The molecule has 0 amide bonds. The smallest absolute Gasteiger partial charge is 0.422 e. The summed E-state index contributed by atoms with van der Waals surface area (Å²) in [7, 11) is 0. The number of nitrogens with two attached hydrogens (primary N) is 1. The lowest BCUT2D eigenvalue weighted by atomic mass is 10.2. The molecule has 0 aromatic heterocycles. The van der Waals surface area contributed by atoms with Crippen molar-refractivity contribution in [1.82, 2.24) is 0 Å². The van der Waals surface area contributed by atoms with Crippen molar-refractivity contribution in [3.05, 3.63) is 29.8 Å². The summed E-state index contributed by atoms with van der Waals surface area (Å²) in [5.74, 6) is 0.360. The summed E-state index contributed by atoms with van der Waals surface area (Å²) in [6.45, 7) is 0.282. The molecule has 1 aromatic carbocycles. The van der Waals surface area contributed by atoms with Gasteiger partial charge >= 0.3 is 6.07 Å². The number of halogens is 2. The quantitative estimate of drug-likeness (QED) is 0.825. The molecule has 13 heavy (non-hydrogen) atoms.